The molecule has 0 radical (unpaired) electrons. The van der Waals surface area contributed by atoms with Crippen molar-refractivity contribution in [3.8, 4) is 0 Å². The van der Waals surface area contributed by atoms with Crippen LogP contribution in [0.4, 0.5) is 0 Å². The van der Waals surface area contributed by atoms with Crippen molar-refractivity contribution in [1.29, 1.82) is 0 Å². The van der Waals surface area contributed by atoms with Crippen LogP contribution >= 0.6 is 12.4 Å². The van der Waals surface area contributed by atoms with Crippen LogP contribution in [0.25, 0.3) is 0 Å². The molecule has 20 heavy (non-hydrogen) atoms. The molecule has 0 aromatic heterocycles. The second kappa shape index (κ2) is 7.40. The van der Waals surface area contributed by atoms with Crippen LogP contribution in [0.1, 0.15) is 25.7 Å². The summed E-state index contributed by atoms with van der Waals surface area (Å²) in [6.07, 6.45) is 6.01. The molecule has 2 rings (SSSR count). The molecule has 120 valence electrons. The SMILES string of the molecule is CN(CC1CCCN(S(C)(=O)=O)C1)C(CN)C1CC1.Cl. The minimum atomic E-state index is -3.03. The van der Waals surface area contributed by atoms with Gasteiger partial charge < -0.3 is 10.6 Å². The molecule has 0 spiro atoms. The van der Waals surface area contributed by atoms with Crippen molar-refractivity contribution in [1.82, 2.24) is 9.21 Å². The first-order valence-corrected chi connectivity index (χ1v) is 9.12. The van der Waals surface area contributed by atoms with Crippen LogP contribution in [-0.4, -0.2) is 63.1 Å². The van der Waals surface area contributed by atoms with Gasteiger partial charge >= 0.3 is 0 Å². The summed E-state index contributed by atoms with van der Waals surface area (Å²) in [6, 6.07) is 0.480. The molecule has 2 fully saturated rings. The number of halogens is 1. The summed E-state index contributed by atoms with van der Waals surface area (Å²) in [5.74, 6) is 1.21. The highest BCUT2D eigenvalue weighted by Gasteiger charge is 2.34. The Morgan fingerprint density at radius 1 is 1.35 bits per heavy atom. The van der Waals surface area contributed by atoms with E-state index in [1.807, 2.05) is 0 Å². The Balaban J connectivity index is 0.00000200. The van der Waals surface area contributed by atoms with E-state index in [0.717, 1.165) is 25.3 Å². The Bertz CT molecular complexity index is 400. The highest BCUT2D eigenvalue weighted by Crippen LogP contribution is 2.35. The van der Waals surface area contributed by atoms with Gasteiger partial charge in [-0.3, -0.25) is 0 Å². The van der Waals surface area contributed by atoms with Crippen molar-refractivity contribution in [2.24, 2.45) is 17.6 Å². The maximum Gasteiger partial charge on any atom is 0.211 e. The van der Waals surface area contributed by atoms with Crippen LogP contribution in [0.15, 0.2) is 0 Å². The van der Waals surface area contributed by atoms with Crippen LogP contribution < -0.4 is 5.73 Å². The summed E-state index contributed by atoms with van der Waals surface area (Å²) in [5.41, 5.74) is 5.87. The molecule has 2 unspecified atom stereocenters. The van der Waals surface area contributed by atoms with Crippen LogP contribution in [0, 0.1) is 11.8 Å². The third kappa shape index (κ3) is 4.84. The summed E-state index contributed by atoms with van der Waals surface area (Å²) in [5, 5.41) is 0. The number of likely N-dealkylation sites (N-methyl/N-ethyl adjacent to an activating group) is 1. The van der Waals surface area contributed by atoms with E-state index < -0.39 is 10.0 Å². The standard InChI is InChI=1S/C13H27N3O2S.ClH/c1-15(13(8-14)12-5-6-12)9-11-4-3-7-16(10-11)19(2,17)18;/h11-13H,3-10,14H2,1-2H3;1H. The van der Waals surface area contributed by atoms with Gasteiger partial charge in [0.25, 0.3) is 0 Å². The summed E-state index contributed by atoms with van der Waals surface area (Å²) in [4.78, 5) is 2.36. The monoisotopic (exact) mass is 325 g/mol. The van der Waals surface area contributed by atoms with E-state index in [4.69, 9.17) is 5.73 Å². The van der Waals surface area contributed by atoms with Gasteiger partial charge in [0.05, 0.1) is 6.26 Å². The lowest BCUT2D eigenvalue weighted by Gasteiger charge is -2.35. The lowest BCUT2D eigenvalue weighted by Crippen LogP contribution is -2.46. The number of piperidine rings is 1. The molecular formula is C13H28ClN3O2S. The lowest BCUT2D eigenvalue weighted by atomic mass is 9.98. The van der Waals surface area contributed by atoms with E-state index in [1.165, 1.54) is 19.1 Å². The zero-order valence-electron chi connectivity index (χ0n) is 12.5. The van der Waals surface area contributed by atoms with Gasteiger partial charge in [-0.15, -0.1) is 12.4 Å². The third-order valence-corrected chi connectivity index (χ3v) is 5.74. The average Bonchev–Trinajstić information content (AvgIpc) is 3.13. The van der Waals surface area contributed by atoms with Gasteiger partial charge in [0.15, 0.2) is 0 Å². The maximum absolute atomic E-state index is 11.6. The van der Waals surface area contributed by atoms with E-state index in [0.29, 0.717) is 31.6 Å². The normalized spacial score (nSPS) is 26.3. The summed E-state index contributed by atoms with van der Waals surface area (Å²) >= 11 is 0. The zero-order valence-corrected chi connectivity index (χ0v) is 14.1. The molecule has 0 amide bonds. The molecule has 0 aromatic rings. The fourth-order valence-electron chi connectivity index (χ4n) is 3.23. The van der Waals surface area contributed by atoms with Gasteiger partial charge in [-0.05, 0) is 44.6 Å². The summed E-state index contributed by atoms with van der Waals surface area (Å²) < 4.78 is 24.9. The van der Waals surface area contributed by atoms with Gasteiger partial charge in [-0.2, -0.15) is 0 Å². The van der Waals surface area contributed by atoms with E-state index in [1.54, 1.807) is 4.31 Å². The van der Waals surface area contributed by atoms with Crippen LogP contribution in [-0.2, 0) is 10.0 Å². The molecule has 1 saturated carbocycles. The Morgan fingerprint density at radius 2 is 2.00 bits per heavy atom. The predicted molar refractivity (Wildman–Crippen MR) is 84.6 cm³/mol. The van der Waals surface area contributed by atoms with Crippen molar-refractivity contribution >= 4 is 22.4 Å². The second-order valence-electron chi connectivity index (χ2n) is 6.21. The summed E-state index contributed by atoms with van der Waals surface area (Å²) in [7, 11) is -0.900. The first-order chi connectivity index (χ1) is 8.91. The van der Waals surface area contributed by atoms with Crippen molar-refractivity contribution < 1.29 is 8.42 Å². The number of rotatable bonds is 6. The Kier molecular flexibility index (Phi) is 6.73. The quantitative estimate of drug-likeness (QED) is 0.782. The third-order valence-electron chi connectivity index (χ3n) is 4.47. The molecule has 2 aliphatic rings. The largest absolute Gasteiger partial charge is 0.329 e. The second-order valence-corrected chi connectivity index (χ2v) is 8.19. The molecule has 0 aromatic carbocycles. The molecule has 7 heteroatoms. The average molecular weight is 326 g/mol. The molecule has 5 nitrogen and oxygen atoms in total. The molecular weight excluding hydrogens is 298 g/mol. The number of nitrogens with two attached hydrogens (primary N) is 1. The van der Waals surface area contributed by atoms with Crippen LogP contribution in [0.5, 0.6) is 0 Å². The summed E-state index contributed by atoms with van der Waals surface area (Å²) in [6.45, 7) is 3.03. The van der Waals surface area contributed by atoms with E-state index in [9.17, 15) is 8.42 Å². The van der Waals surface area contributed by atoms with E-state index >= 15 is 0 Å². The molecule has 1 saturated heterocycles. The molecule has 2 atom stereocenters. The molecule has 0 bridgehead atoms. The molecule has 1 heterocycles. The van der Waals surface area contributed by atoms with Gasteiger partial charge in [0, 0.05) is 32.2 Å². The smallest absolute Gasteiger partial charge is 0.211 e. The number of hydrogen-bond acceptors (Lipinski definition) is 4. The molecule has 1 aliphatic carbocycles. The maximum atomic E-state index is 11.6. The lowest BCUT2D eigenvalue weighted by molar-refractivity contribution is 0.155. The first-order valence-electron chi connectivity index (χ1n) is 7.27. The van der Waals surface area contributed by atoms with Crippen LogP contribution in [0.3, 0.4) is 0 Å². The van der Waals surface area contributed by atoms with Crippen molar-refractivity contribution in [3.63, 3.8) is 0 Å². The number of hydrogen-bond donors (Lipinski definition) is 1. The Hall–Kier alpha value is 0.120. The van der Waals surface area contributed by atoms with Gasteiger partial charge in [-0.25, -0.2) is 12.7 Å². The fraction of sp³-hybridized carbons (Fsp3) is 1.00. The molecule has 2 N–H and O–H groups in total. The van der Waals surface area contributed by atoms with Crippen molar-refractivity contribution in [2.75, 3.05) is 39.5 Å². The van der Waals surface area contributed by atoms with Crippen LogP contribution in [0.2, 0.25) is 0 Å². The minimum absolute atomic E-state index is 0. The Labute approximate surface area is 129 Å². The van der Waals surface area contributed by atoms with Gasteiger partial charge in [0.1, 0.15) is 0 Å². The fourth-order valence-corrected chi connectivity index (χ4v) is 4.18. The van der Waals surface area contributed by atoms with Gasteiger partial charge in [0.2, 0.25) is 10.0 Å². The minimum Gasteiger partial charge on any atom is -0.329 e. The topological polar surface area (TPSA) is 66.6 Å². The van der Waals surface area contributed by atoms with Gasteiger partial charge in [-0.1, -0.05) is 0 Å². The number of sulfonamides is 1. The zero-order chi connectivity index (χ0) is 14.0. The molecule has 1 aliphatic heterocycles. The predicted octanol–water partition coefficient (Wildman–Crippen LogP) is 0.749. The van der Waals surface area contributed by atoms with Crippen molar-refractivity contribution in [3.05, 3.63) is 0 Å². The number of nitrogens with zero attached hydrogens (tertiary/aromatic N) is 2. The van der Waals surface area contributed by atoms with E-state index in [2.05, 4.69) is 11.9 Å². The Morgan fingerprint density at radius 3 is 2.50 bits per heavy atom. The highest BCUT2D eigenvalue weighted by atomic mass is 35.5. The van der Waals surface area contributed by atoms with Crippen molar-refractivity contribution in [2.45, 2.75) is 31.7 Å². The first kappa shape index (κ1) is 18.2. The highest BCUT2D eigenvalue weighted by molar-refractivity contribution is 7.88. The van der Waals surface area contributed by atoms with E-state index in [-0.39, 0.29) is 12.4 Å².